The summed E-state index contributed by atoms with van der Waals surface area (Å²) in [7, 11) is 1.55. The number of ether oxygens (including phenoxy) is 1. The molecule has 0 bridgehead atoms. The van der Waals surface area contributed by atoms with Gasteiger partial charge in [-0.05, 0) is 35.4 Å². The Labute approximate surface area is 197 Å². The first-order chi connectivity index (χ1) is 15.7. The third-order valence-electron chi connectivity index (χ3n) is 5.38. The van der Waals surface area contributed by atoms with Crippen molar-refractivity contribution in [1.29, 1.82) is 0 Å². The fraction of sp³-hybridized carbons (Fsp3) is 0.273. The number of rotatable bonds is 5. The Bertz CT molecular complexity index is 1170. The minimum atomic E-state index is -4.56. The predicted octanol–water partition coefficient (Wildman–Crippen LogP) is 5.79. The van der Waals surface area contributed by atoms with Crippen LogP contribution in [0.15, 0.2) is 48.5 Å². The lowest BCUT2D eigenvalue weighted by Crippen LogP contribution is -2.35. The number of benzene rings is 2. The van der Waals surface area contributed by atoms with Gasteiger partial charge in [-0.1, -0.05) is 41.4 Å². The molecule has 1 amide bonds. The summed E-state index contributed by atoms with van der Waals surface area (Å²) in [5.41, 5.74) is 1.24. The molecule has 2 aromatic carbocycles. The number of hydrogen-bond donors (Lipinski definition) is 2. The van der Waals surface area contributed by atoms with E-state index in [1.165, 1.54) is 18.2 Å². The highest BCUT2D eigenvalue weighted by molar-refractivity contribution is 6.42. The number of fused-ring (bicyclic) bond motifs is 1. The lowest BCUT2D eigenvalue weighted by atomic mass is 9.97. The fourth-order valence-corrected chi connectivity index (χ4v) is 3.95. The number of carbonyl (C=O) groups is 1. The second-order valence-corrected chi connectivity index (χ2v) is 8.37. The Morgan fingerprint density at radius 2 is 1.91 bits per heavy atom. The van der Waals surface area contributed by atoms with Crippen molar-refractivity contribution >= 4 is 34.9 Å². The number of methoxy groups -OCH3 is 1. The summed E-state index contributed by atoms with van der Waals surface area (Å²) in [6, 6.07) is 10.5. The van der Waals surface area contributed by atoms with E-state index < -0.39 is 24.2 Å². The number of alkyl halides is 3. The molecule has 0 radical (unpaired) electrons. The Balaban J connectivity index is 1.55. The van der Waals surface area contributed by atoms with Crippen LogP contribution in [0.1, 0.15) is 40.1 Å². The van der Waals surface area contributed by atoms with Crippen LogP contribution in [0.2, 0.25) is 10.0 Å². The molecule has 1 aliphatic rings. The van der Waals surface area contributed by atoms with E-state index in [9.17, 15) is 18.0 Å². The van der Waals surface area contributed by atoms with Crippen LogP contribution in [0.25, 0.3) is 0 Å². The first kappa shape index (κ1) is 23.3. The zero-order valence-corrected chi connectivity index (χ0v) is 18.8. The highest BCUT2D eigenvalue weighted by atomic mass is 35.5. The maximum Gasteiger partial charge on any atom is 0.410 e. The molecule has 1 aromatic heterocycles. The zero-order valence-electron chi connectivity index (χ0n) is 17.3. The van der Waals surface area contributed by atoms with Gasteiger partial charge in [0.25, 0.3) is 5.91 Å². The van der Waals surface area contributed by atoms with Crippen LogP contribution in [-0.4, -0.2) is 29.0 Å². The average molecular weight is 499 g/mol. The van der Waals surface area contributed by atoms with Crippen LogP contribution in [0.4, 0.5) is 19.0 Å². The van der Waals surface area contributed by atoms with Gasteiger partial charge < -0.3 is 15.4 Å². The number of anilines is 1. The van der Waals surface area contributed by atoms with Crippen molar-refractivity contribution < 1.29 is 22.7 Å². The molecule has 0 aliphatic carbocycles. The molecule has 33 heavy (non-hydrogen) atoms. The third-order valence-corrected chi connectivity index (χ3v) is 6.12. The van der Waals surface area contributed by atoms with Crippen LogP contribution in [0, 0.1) is 0 Å². The summed E-state index contributed by atoms with van der Waals surface area (Å²) in [6.45, 7) is 0.188. The molecule has 0 spiro atoms. The topological polar surface area (TPSA) is 68.2 Å². The molecule has 4 rings (SSSR count). The molecule has 2 atom stereocenters. The number of amides is 1. The average Bonchev–Trinajstić information content (AvgIpc) is 3.22. The van der Waals surface area contributed by atoms with E-state index in [1.54, 1.807) is 37.4 Å². The Hall–Kier alpha value is -2.91. The van der Waals surface area contributed by atoms with Gasteiger partial charge in [0, 0.05) is 19.0 Å². The van der Waals surface area contributed by atoms with Crippen LogP contribution in [0.3, 0.4) is 0 Å². The van der Waals surface area contributed by atoms with Gasteiger partial charge in [-0.2, -0.15) is 18.3 Å². The van der Waals surface area contributed by atoms with E-state index in [0.29, 0.717) is 16.3 Å². The molecule has 0 fully saturated rings. The van der Waals surface area contributed by atoms with Crippen LogP contribution in [-0.2, 0) is 6.54 Å². The summed E-state index contributed by atoms with van der Waals surface area (Å²) < 4.78 is 47.4. The lowest BCUT2D eigenvalue weighted by molar-refractivity contribution is -0.173. The number of hydrogen-bond acceptors (Lipinski definition) is 4. The molecule has 11 heteroatoms. The second kappa shape index (κ2) is 9.15. The van der Waals surface area contributed by atoms with Crippen LogP contribution in [0.5, 0.6) is 5.75 Å². The minimum Gasteiger partial charge on any atom is -0.497 e. The van der Waals surface area contributed by atoms with E-state index in [-0.39, 0.29) is 29.5 Å². The quantitative estimate of drug-likeness (QED) is 0.467. The van der Waals surface area contributed by atoms with Crippen molar-refractivity contribution in [2.24, 2.45) is 0 Å². The van der Waals surface area contributed by atoms with Crippen molar-refractivity contribution in [1.82, 2.24) is 15.1 Å². The molecular weight excluding hydrogens is 480 g/mol. The minimum absolute atomic E-state index is 0.0919. The SMILES string of the molecule is COc1ccc(CNC(=O)c2cc3n(n2)[C@H](C(F)(F)F)C[C@@H](c2ccc(Cl)c(Cl)c2)N3)cc1. The van der Waals surface area contributed by atoms with Crippen molar-refractivity contribution in [3.8, 4) is 5.75 Å². The number of nitrogens with one attached hydrogen (secondary N) is 2. The van der Waals surface area contributed by atoms with Crippen LogP contribution >= 0.6 is 23.2 Å². The summed E-state index contributed by atoms with van der Waals surface area (Å²) >= 11 is 12.0. The molecular formula is C22H19Cl2F3N4O2. The smallest absolute Gasteiger partial charge is 0.410 e. The van der Waals surface area contributed by atoms with Gasteiger partial charge in [0.15, 0.2) is 11.7 Å². The van der Waals surface area contributed by atoms with Gasteiger partial charge in [0.05, 0.1) is 23.2 Å². The number of nitrogens with zero attached hydrogens (tertiary/aromatic N) is 2. The predicted molar refractivity (Wildman–Crippen MR) is 119 cm³/mol. The van der Waals surface area contributed by atoms with Crippen molar-refractivity contribution in [3.05, 3.63) is 75.4 Å². The molecule has 0 unspecified atom stereocenters. The van der Waals surface area contributed by atoms with E-state index in [2.05, 4.69) is 15.7 Å². The van der Waals surface area contributed by atoms with Crippen molar-refractivity contribution in [3.63, 3.8) is 0 Å². The molecule has 174 valence electrons. The molecule has 0 saturated heterocycles. The van der Waals surface area contributed by atoms with Crippen molar-refractivity contribution in [2.75, 3.05) is 12.4 Å². The fourth-order valence-electron chi connectivity index (χ4n) is 3.65. The van der Waals surface area contributed by atoms with E-state index >= 15 is 0 Å². The van der Waals surface area contributed by atoms with Gasteiger partial charge in [-0.25, -0.2) is 4.68 Å². The third kappa shape index (κ3) is 5.04. The molecule has 6 nitrogen and oxygen atoms in total. The summed E-state index contributed by atoms with van der Waals surface area (Å²) in [5.74, 6) is 0.184. The summed E-state index contributed by atoms with van der Waals surface area (Å²) in [5, 5.41) is 10.2. The normalized spacial score (nSPS) is 17.8. The second-order valence-electron chi connectivity index (χ2n) is 7.55. The first-order valence-corrected chi connectivity index (χ1v) is 10.7. The lowest BCUT2D eigenvalue weighted by Gasteiger charge is -2.33. The Morgan fingerprint density at radius 1 is 1.18 bits per heavy atom. The van der Waals surface area contributed by atoms with E-state index in [1.807, 2.05) is 0 Å². The van der Waals surface area contributed by atoms with Crippen molar-refractivity contribution in [2.45, 2.75) is 31.2 Å². The number of halogens is 5. The first-order valence-electron chi connectivity index (χ1n) is 9.94. The van der Waals surface area contributed by atoms with Gasteiger partial charge >= 0.3 is 6.18 Å². The summed E-state index contributed by atoms with van der Waals surface area (Å²) in [4.78, 5) is 12.6. The van der Waals surface area contributed by atoms with Gasteiger partial charge in [-0.3, -0.25) is 4.79 Å². The maximum atomic E-state index is 13.8. The molecule has 2 heterocycles. The standard InChI is InChI=1S/C22H19Cl2F3N4O2/c1-33-14-5-2-12(3-6-14)11-28-21(32)18-10-20-29-17(13-4-7-15(23)16(24)8-13)9-19(22(25,26)27)31(20)30-18/h2-8,10,17,19,29H,9,11H2,1H3,(H,28,32)/t17-,19-/m0/s1. The largest absolute Gasteiger partial charge is 0.497 e. The highest BCUT2D eigenvalue weighted by Gasteiger charge is 2.46. The van der Waals surface area contributed by atoms with Gasteiger partial charge in [0.2, 0.25) is 0 Å². The maximum absolute atomic E-state index is 13.8. The van der Waals surface area contributed by atoms with Crippen LogP contribution < -0.4 is 15.4 Å². The highest BCUT2D eigenvalue weighted by Crippen LogP contribution is 2.44. The number of carbonyl (C=O) groups excluding carboxylic acids is 1. The Morgan fingerprint density at radius 3 is 2.55 bits per heavy atom. The zero-order chi connectivity index (χ0) is 23.8. The molecule has 3 aromatic rings. The monoisotopic (exact) mass is 498 g/mol. The van der Waals surface area contributed by atoms with E-state index in [4.69, 9.17) is 27.9 Å². The van der Waals surface area contributed by atoms with Gasteiger partial charge in [-0.15, -0.1) is 0 Å². The van der Waals surface area contributed by atoms with E-state index in [0.717, 1.165) is 10.2 Å². The molecule has 2 N–H and O–H groups in total. The summed E-state index contributed by atoms with van der Waals surface area (Å²) in [6.07, 6.45) is -4.88. The number of aromatic nitrogens is 2. The van der Waals surface area contributed by atoms with Gasteiger partial charge in [0.1, 0.15) is 11.6 Å². The molecule has 1 aliphatic heterocycles. The molecule has 0 saturated carbocycles. The Kier molecular flexibility index (Phi) is 6.45.